The lowest BCUT2D eigenvalue weighted by Crippen LogP contribution is -2.25. The van der Waals surface area contributed by atoms with Gasteiger partial charge in [-0.3, -0.25) is 14.0 Å². The van der Waals surface area contributed by atoms with Crippen LogP contribution in [0.25, 0.3) is 17.1 Å². The molecule has 0 saturated carbocycles. The van der Waals surface area contributed by atoms with E-state index in [1.165, 1.54) is 12.3 Å². The van der Waals surface area contributed by atoms with E-state index in [1.807, 2.05) is 0 Å². The highest BCUT2D eigenvalue weighted by atomic mass is 35.5. The summed E-state index contributed by atoms with van der Waals surface area (Å²) in [5, 5.41) is 14.6. The lowest BCUT2D eigenvalue weighted by atomic mass is 10.2. The number of pyridine rings is 2. The highest BCUT2D eigenvalue weighted by Gasteiger charge is 2.13. The van der Waals surface area contributed by atoms with Crippen molar-refractivity contribution in [1.29, 1.82) is 0 Å². The topological polar surface area (TPSA) is 131 Å². The van der Waals surface area contributed by atoms with Crippen molar-refractivity contribution in [2.24, 2.45) is 0 Å². The van der Waals surface area contributed by atoms with Crippen LogP contribution < -0.4 is 10.9 Å². The molecular weight excluding hydrogens is 374 g/mol. The summed E-state index contributed by atoms with van der Waals surface area (Å²) in [5.41, 5.74) is 1.07. The molecular formula is C16H12ClN7O3. The van der Waals surface area contributed by atoms with Gasteiger partial charge < -0.3 is 14.8 Å². The molecule has 27 heavy (non-hydrogen) atoms. The minimum absolute atomic E-state index is 0.0561. The summed E-state index contributed by atoms with van der Waals surface area (Å²) in [4.78, 5) is 30.0. The number of nitrogens with one attached hydrogen (secondary N) is 2. The minimum atomic E-state index is -0.455. The molecule has 0 radical (unpaired) electrons. The van der Waals surface area contributed by atoms with Crippen LogP contribution in [-0.2, 0) is 6.54 Å². The summed E-state index contributed by atoms with van der Waals surface area (Å²) >= 11 is 5.74. The Bertz CT molecular complexity index is 1210. The van der Waals surface area contributed by atoms with Crippen molar-refractivity contribution in [3.05, 3.63) is 63.2 Å². The van der Waals surface area contributed by atoms with Crippen molar-refractivity contribution >= 4 is 23.2 Å². The number of aromatic amines is 1. The molecule has 0 atom stereocenters. The normalized spacial score (nSPS) is 11.0. The molecule has 2 N–H and O–H groups in total. The predicted octanol–water partition coefficient (Wildman–Crippen LogP) is 1.36. The molecule has 0 aliphatic rings. The molecule has 4 heterocycles. The second-order valence-electron chi connectivity index (χ2n) is 5.65. The Morgan fingerprint density at radius 2 is 2.22 bits per heavy atom. The van der Waals surface area contributed by atoms with Gasteiger partial charge in [0.15, 0.2) is 17.3 Å². The quantitative estimate of drug-likeness (QED) is 0.542. The van der Waals surface area contributed by atoms with Gasteiger partial charge in [-0.25, -0.2) is 0 Å². The fourth-order valence-electron chi connectivity index (χ4n) is 2.46. The third-order valence-electron chi connectivity index (χ3n) is 3.78. The maximum absolute atomic E-state index is 12.2. The van der Waals surface area contributed by atoms with Crippen LogP contribution in [0, 0.1) is 6.92 Å². The molecule has 0 aromatic carbocycles. The molecule has 11 heteroatoms. The summed E-state index contributed by atoms with van der Waals surface area (Å²) in [6, 6.07) is 4.85. The van der Waals surface area contributed by atoms with E-state index in [0.29, 0.717) is 28.8 Å². The van der Waals surface area contributed by atoms with Crippen LogP contribution in [-0.4, -0.2) is 35.6 Å². The second-order valence-corrected chi connectivity index (χ2v) is 6.06. The summed E-state index contributed by atoms with van der Waals surface area (Å²) in [5.74, 6) is 1.06. The number of hydrogen-bond acceptors (Lipinski definition) is 7. The zero-order valence-corrected chi connectivity index (χ0v) is 14.7. The van der Waals surface area contributed by atoms with Crippen molar-refractivity contribution in [2.75, 3.05) is 0 Å². The Hall–Kier alpha value is -3.53. The maximum Gasteiger partial charge on any atom is 0.266 e. The monoisotopic (exact) mass is 385 g/mol. The van der Waals surface area contributed by atoms with Crippen molar-refractivity contribution < 1.29 is 9.32 Å². The highest BCUT2D eigenvalue weighted by molar-refractivity contribution is 6.30. The number of H-pyrrole nitrogens is 1. The lowest BCUT2D eigenvalue weighted by Gasteiger charge is -2.04. The molecule has 0 fully saturated rings. The molecule has 0 spiro atoms. The maximum atomic E-state index is 12.2. The van der Waals surface area contributed by atoms with E-state index >= 15 is 0 Å². The van der Waals surface area contributed by atoms with Crippen LogP contribution in [0.4, 0.5) is 0 Å². The van der Waals surface area contributed by atoms with Gasteiger partial charge in [-0.1, -0.05) is 16.8 Å². The fourth-order valence-corrected chi connectivity index (χ4v) is 2.63. The summed E-state index contributed by atoms with van der Waals surface area (Å²) in [6.45, 7) is 1.87. The lowest BCUT2D eigenvalue weighted by molar-refractivity contribution is 0.0949. The standard InChI is InChI=1S/C16H12ClN7O3/c1-8-20-16(27-23-8)9-2-3-24-12(5-9)21-22-13(24)7-19-14(25)10-4-11(17)15(26)18-6-10/h2-6H,7H2,1H3,(H,18,26)(H,19,25). The average molecular weight is 386 g/mol. The van der Waals surface area contributed by atoms with Gasteiger partial charge in [0.05, 0.1) is 12.1 Å². The first-order valence-corrected chi connectivity index (χ1v) is 8.20. The van der Waals surface area contributed by atoms with Gasteiger partial charge in [0.25, 0.3) is 17.4 Å². The fraction of sp³-hybridized carbons (Fsp3) is 0.125. The molecule has 4 rings (SSSR count). The molecule has 1 amide bonds. The summed E-state index contributed by atoms with van der Waals surface area (Å²) < 4.78 is 6.87. The number of fused-ring (bicyclic) bond motifs is 1. The number of halogens is 1. The SMILES string of the molecule is Cc1noc(-c2ccn3c(CNC(=O)c4c[nH]c(=O)c(Cl)c4)nnc3c2)n1. The van der Waals surface area contributed by atoms with E-state index in [9.17, 15) is 9.59 Å². The van der Waals surface area contributed by atoms with E-state index < -0.39 is 11.5 Å². The Balaban J connectivity index is 1.53. The number of aryl methyl sites for hydroxylation is 1. The van der Waals surface area contributed by atoms with Crippen LogP contribution in [0.15, 0.2) is 39.9 Å². The molecule has 0 aliphatic heterocycles. The van der Waals surface area contributed by atoms with Gasteiger partial charge in [-0.2, -0.15) is 4.98 Å². The zero-order valence-electron chi connectivity index (χ0n) is 13.9. The van der Waals surface area contributed by atoms with Crippen molar-refractivity contribution in [2.45, 2.75) is 13.5 Å². The van der Waals surface area contributed by atoms with E-state index in [2.05, 4.69) is 30.6 Å². The van der Waals surface area contributed by atoms with Crippen molar-refractivity contribution in [3.8, 4) is 11.5 Å². The summed E-state index contributed by atoms with van der Waals surface area (Å²) in [6.07, 6.45) is 3.05. The average Bonchev–Trinajstić information content (AvgIpc) is 3.27. The number of nitrogens with zero attached hydrogens (tertiary/aromatic N) is 5. The number of hydrogen-bond donors (Lipinski definition) is 2. The first-order chi connectivity index (χ1) is 13.0. The number of aromatic nitrogens is 6. The molecule has 0 bridgehead atoms. The number of carbonyl (C=O) groups is 1. The van der Waals surface area contributed by atoms with Gasteiger partial charge in [-0.15, -0.1) is 10.2 Å². The minimum Gasteiger partial charge on any atom is -0.345 e. The molecule has 10 nitrogen and oxygen atoms in total. The number of rotatable bonds is 4. The van der Waals surface area contributed by atoms with E-state index in [1.54, 1.807) is 29.7 Å². The number of carbonyl (C=O) groups excluding carboxylic acids is 1. The van der Waals surface area contributed by atoms with Crippen LogP contribution in [0.2, 0.25) is 5.02 Å². The number of amides is 1. The van der Waals surface area contributed by atoms with Crippen LogP contribution in [0.5, 0.6) is 0 Å². The van der Waals surface area contributed by atoms with Crippen molar-refractivity contribution in [1.82, 2.24) is 35.0 Å². The van der Waals surface area contributed by atoms with Crippen LogP contribution in [0.1, 0.15) is 22.0 Å². The van der Waals surface area contributed by atoms with Gasteiger partial charge in [0.2, 0.25) is 0 Å². The first kappa shape index (κ1) is 16.9. The van der Waals surface area contributed by atoms with Gasteiger partial charge in [0, 0.05) is 18.0 Å². The van der Waals surface area contributed by atoms with Gasteiger partial charge >= 0.3 is 0 Å². The Morgan fingerprint density at radius 3 is 2.96 bits per heavy atom. The largest absolute Gasteiger partial charge is 0.345 e. The molecule has 4 aromatic rings. The highest BCUT2D eigenvalue weighted by Crippen LogP contribution is 2.18. The molecule has 0 unspecified atom stereocenters. The van der Waals surface area contributed by atoms with Crippen LogP contribution >= 0.6 is 11.6 Å². The van der Waals surface area contributed by atoms with Gasteiger partial charge in [0.1, 0.15) is 5.02 Å². The van der Waals surface area contributed by atoms with E-state index in [0.717, 1.165) is 0 Å². The van der Waals surface area contributed by atoms with E-state index in [-0.39, 0.29) is 17.1 Å². The molecule has 136 valence electrons. The van der Waals surface area contributed by atoms with Crippen molar-refractivity contribution in [3.63, 3.8) is 0 Å². The predicted molar refractivity (Wildman–Crippen MR) is 94.3 cm³/mol. The van der Waals surface area contributed by atoms with Gasteiger partial charge in [-0.05, 0) is 25.1 Å². The smallest absolute Gasteiger partial charge is 0.266 e. The first-order valence-electron chi connectivity index (χ1n) is 7.82. The van der Waals surface area contributed by atoms with E-state index in [4.69, 9.17) is 16.1 Å². The third kappa shape index (κ3) is 3.29. The summed E-state index contributed by atoms with van der Waals surface area (Å²) in [7, 11) is 0. The zero-order chi connectivity index (χ0) is 19.0. The molecule has 0 saturated heterocycles. The molecule has 0 aliphatic carbocycles. The third-order valence-corrected chi connectivity index (χ3v) is 4.06. The van der Waals surface area contributed by atoms with Crippen LogP contribution in [0.3, 0.4) is 0 Å². The Labute approximate surface area is 156 Å². The Morgan fingerprint density at radius 1 is 1.37 bits per heavy atom. The Kier molecular flexibility index (Phi) is 4.16. The second kappa shape index (κ2) is 6.65. The molecule has 4 aromatic heterocycles.